The maximum Gasteiger partial charge on any atom is 0.179 e. The van der Waals surface area contributed by atoms with Gasteiger partial charge in [-0.1, -0.05) is 41.4 Å². The summed E-state index contributed by atoms with van der Waals surface area (Å²) >= 11 is 7.52. The number of hydrogen-bond donors (Lipinski definition) is 2. The molecule has 2 aromatic heterocycles. The number of H-pyrrole nitrogens is 1. The molecule has 0 fully saturated rings. The fourth-order valence-electron chi connectivity index (χ4n) is 1.93. The number of pyridine rings is 1. The number of carbonyl (C=O) groups is 1. The number of halogens is 1. The first-order valence-corrected chi connectivity index (χ1v) is 8.38. The summed E-state index contributed by atoms with van der Waals surface area (Å²) in [6.45, 7) is 1.53. The first kappa shape index (κ1) is 16.4. The molecule has 0 atom stereocenters. The molecular formula is C17H12ClN3O2S. The van der Waals surface area contributed by atoms with Crippen LogP contribution < -0.4 is 0 Å². The highest BCUT2D eigenvalue weighted by Gasteiger charge is 2.09. The number of ketones is 1. The fraction of sp³-hybridized carbons (Fsp3) is 0.118. The first-order chi connectivity index (χ1) is 11.5. The minimum atomic E-state index is 0.0701. The molecule has 0 unspecified atom stereocenters. The SMILES string of the molecule is CC(=O)CSc1nc2nc(C#Cc3ccccc3O)c(Cl)cc2[nH]1. The molecule has 0 aliphatic carbocycles. The van der Waals surface area contributed by atoms with Crippen LogP contribution in [0, 0.1) is 11.8 Å². The first-order valence-electron chi connectivity index (χ1n) is 7.01. The third-order valence-corrected chi connectivity index (χ3v) is 4.34. The van der Waals surface area contributed by atoms with Crippen LogP contribution in [0.2, 0.25) is 5.02 Å². The van der Waals surface area contributed by atoms with Crippen molar-refractivity contribution in [3.8, 4) is 17.6 Å². The summed E-state index contributed by atoms with van der Waals surface area (Å²) in [5.41, 5.74) is 2.03. The van der Waals surface area contributed by atoms with E-state index in [9.17, 15) is 9.90 Å². The van der Waals surface area contributed by atoms with Gasteiger partial charge in [-0.2, -0.15) is 0 Å². The van der Waals surface area contributed by atoms with Gasteiger partial charge in [-0.3, -0.25) is 4.79 Å². The van der Waals surface area contributed by atoms with E-state index in [2.05, 4.69) is 26.8 Å². The molecule has 0 radical (unpaired) electrons. The van der Waals surface area contributed by atoms with Gasteiger partial charge < -0.3 is 10.1 Å². The van der Waals surface area contributed by atoms with Crippen LogP contribution in [0.1, 0.15) is 18.2 Å². The van der Waals surface area contributed by atoms with Crippen molar-refractivity contribution in [3.63, 3.8) is 0 Å². The number of phenolic OH excluding ortho intramolecular Hbond substituents is 1. The second kappa shape index (κ2) is 6.95. The van der Waals surface area contributed by atoms with Gasteiger partial charge >= 0.3 is 0 Å². The smallest absolute Gasteiger partial charge is 0.179 e. The third-order valence-electron chi connectivity index (χ3n) is 3.04. The molecule has 2 heterocycles. The van der Waals surface area contributed by atoms with Crippen molar-refractivity contribution < 1.29 is 9.90 Å². The number of thioether (sulfide) groups is 1. The molecule has 120 valence electrons. The van der Waals surface area contributed by atoms with E-state index in [1.807, 2.05) is 0 Å². The molecule has 0 aliphatic rings. The molecule has 2 N–H and O–H groups in total. The number of aromatic nitrogens is 3. The molecule has 0 bridgehead atoms. The number of rotatable bonds is 3. The number of carbonyl (C=O) groups excluding carboxylic acids is 1. The van der Waals surface area contributed by atoms with Gasteiger partial charge in [0.05, 0.1) is 21.9 Å². The van der Waals surface area contributed by atoms with Crippen LogP contribution in [-0.2, 0) is 4.79 Å². The van der Waals surface area contributed by atoms with E-state index < -0.39 is 0 Å². The molecule has 3 rings (SSSR count). The summed E-state index contributed by atoms with van der Waals surface area (Å²) in [7, 11) is 0. The molecule has 0 saturated carbocycles. The Kier molecular flexibility index (Phi) is 4.74. The van der Waals surface area contributed by atoms with Crippen LogP contribution >= 0.6 is 23.4 Å². The molecule has 5 nitrogen and oxygen atoms in total. The van der Waals surface area contributed by atoms with E-state index in [-0.39, 0.29) is 11.5 Å². The number of phenols is 1. The third kappa shape index (κ3) is 3.70. The van der Waals surface area contributed by atoms with E-state index in [4.69, 9.17) is 11.6 Å². The summed E-state index contributed by atoms with van der Waals surface area (Å²) in [6, 6.07) is 8.48. The zero-order valence-electron chi connectivity index (χ0n) is 12.6. The second-order valence-electron chi connectivity index (χ2n) is 4.99. The van der Waals surface area contributed by atoms with Crippen molar-refractivity contribution in [1.82, 2.24) is 15.0 Å². The van der Waals surface area contributed by atoms with Gasteiger partial charge in [-0.05, 0) is 31.0 Å². The van der Waals surface area contributed by atoms with Gasteiger partial charge in [-0.15, -0.1) is 0 Å². The van der Waals surface area contributed by atoms with E-state index in [1.54, 1.807) is 30.3 Å². The highest BCUT2D eigenvalue weighted by Crippen LogP contribution is 2.23. The molecule has 1 aromatic carbocycles. The Morgan fingerprint density at radius 1 is 1.33 bits per heavy atom. The van der Waals surface area contributed by atoms with Gasteiger partial charge in [-0.25, -0.2) is 9.97 Å². The largest absolute Gasteiger partial charge is 0.507 e. The molecule has 24 heavy (non-hydrogen) atoms. The minimum absolute atomic E-state index is 0.0701. The fourth-order valence-corrected chi connectivity index (χ4v) is 2.80. The quantitative estimate of drug-likeness (QED) is 0.555. The Hall–Kier alpha value is -2.49. The lowest BCUT2D eigenvalue weighted by Gasteiger charge is -1.96. The standard InChI is InChI=1S/C17H12ClN3O2S/c1-10(22)9-24-17-20-14-8-12(18)13(19-16(14)21-17)7-6-11-4-2-3-5-15(11)23/h2-5,8,23H,9H2,1H3,(H,19,20,21). The maximum absolute atomic E-state index is 11.0. The maximum atomic E-state index is 11.0. The van der Waals surface area contributed by atoms with Crippen molar-refractivity contribution in [1.29, 1.82) is 0 Å². The summed E-state index contributed by atoms with van der Waals surface area (Å²) in [4.78, 5) is 22.8. The number of benzene rings is 1. The molecule has 0 aliphatic heterocycles. The Labute approximate surface area is 147 Å². The Morgan fingerprint density at radius 2 is 2.12 bits per heavy atom. The number of imidazole rings is 1. The average Bonchev–Trinajstić information content (AvgIpc) is 2.93. The van der Waals surface area contributed by atoms with Crippen LogP contribution in [-0.4, -0.2) is 31.6 Å². The van der Waals surface area contributed by atoms with Gasteiger partial charge in [0, 0.05) is 0 Å². The zero-order chi connectivity index (χ0) is 17.1. The van der Waals surface area contributed by atoms with Gasteiger partial charge in [0.15, 0.2) is 10.8 Å². The minimum Gasteiger partial charge on any atom is -0.507 e. The van der Waals surface area contributed by atoms with Crippen LogP contribution in [0.3, 0.4) is 0 Å². The van der Waals surface area contributed by atoms with E-state index in [1.165, 1.54) is 18.7 Å². The summed E-state index contributed by atoms with van der Waals surface area (Å²) in [5.74, 6) is 6.21. The van der Waals surface area contributed by atoms with Gasteiger partial charge in [0.25, 0.3) is 0 Å². The van der Waals surface area contributed by atoms with Crippen LogP contribution in [0.15, 0.2) is 35.5 Å². The van der Waals surface area contributed by atoms with E-state index in [0.717, 1.165) is 0 Å². The number of hydrogen-bond acceptors (Lipinski definition) is 5. The van der Waals surface area contributed by atoms with Crippen LogP contribution in [0.5, 0.6) is 5.75 Å². The van der Waals surface area contributed by atoms with Crippen molar-refractivity contribution in [2.45, 2.75) is 12.1 Å². The average molecular weight is 358 g/mol. The number of nitrogens with one attached hydrogen (secondary N) is 1. The number of aromatic hydroxyl groups is 1. The molecule has 0 spiro atoms. The molecule has 0 amide bonds. The predicted octanol–water partition coefficient (Wildman–Crippen LogP) is 3.40. The number of para-hydroxylation sites is 1. The van der Waals surface area contributed by atoms with Crippen molar-refractivity contribution in [2.75, 3.05) is 5.75 Å². The summed E-state index contributed by atoms with van der Waals surface area (Å²) < 4.78 is 0. The molecular weight excluding hydrogens is 346 g/mol. The molecule has 7 heteroatoms. The highest BCUT2D eigenvalue weighted by atomic mass is 35.5. The Bertz CT molecular complexity index is 988. The number of fused-ring (bicyclic) bond motifs is 1. The molecule has 3 aromatic rings. The van der Waals surface area contributed by atoms with E-state index in [0.29, 0.717) is 38.4 Å². The van der Waals surface area contributed by atoms with Crippen molar-refractivity contribution in [3.05, 3.63) is 46.6 Å². The number of Topliss-reactive ketones (excluding diaryl/α,β-unsaturated/α-hetero) is 1. The van der Waals surface area contributed by atoms with Crippen LogP contribution in [0.25, 0.3) is 11.2 Å². The lowest BCUT2D eigenvalue weighted by Crippen LogP contribution is -1.93. The monoisotopic (exact) mass is 357 g/mol. The summed E-state index contributed by atoms with van der Waals surface area (Å²) in [5, 5.41) is 10.7. The molecule has 0 saturated heterocycles. The zero-order valence-corrected chi connectivity index (χ0v) is 14.2. The predicted molar refractivity (Wildman–Crippen MR) is 94.4 cm³/mol. The second-order valence-corrected chi connectivity index (χ2v) is 6.36. The summed E-state index contributed by atoms with van der Waals surface area (Å²) in [6.07, 6.45) is 0. The van der Waals surface area contributed by atoms with Crippen LogP contribution in [0.4, 0.5) is 0 Å². The van der Waals surface area contributed by atoms with Gasteiger partial charge in [0.1, 0.15) is 17.2 Å². The Morgan fingerprint density at radius 3 is 2.88 bits per heavy atom. The number of nitrogens with zero attached hydrogens (tertiary/aromatic N) is 2. The highest BCUT2D eigenvalue weighted by molar-refractivity contribution is 7.99. The van der Waals surface area contributed by atoms with Gasteiger partial charge in [0.2, 0.25) is 0 Å². The topological polar surface area (TPSA) is 78.9 Å². The number of aromatic amines is 1. The lowest BCUT2D eigenvalue weighted by atomic mass is 10.2. The van der Waals surface area contributed by atoms with E-state index >= 15 is 0 Å². The lowest BCUT2D eigenvalue weighted by molar-refractivity contribution is -0.114. The Balaban J connectivity index is 1.93. The van der Waals surface area contributed by atoms with Crippen molar-refractivity contribution >= 4 is 40.3 Å². The normalized spacial score (nSPS) is 10.4. The van der Waals surface area contributed by atoms with Crippen molar-refractivity contribution in [2.24, 2.45) is 0 Å².